The van der Waals surface area contributed by atoms with E-state index in [1.807, 2.05) is 72.8 Å². The molecule has 0 spiro atoms. The topological polar surface area (TPSA) is 90.1 Å². The van der Waals surface area contributed by atoms with Crippen LogP contribution in [0.4, 0.5) is 11.4 Å². The Morgan fingerprint density at radius 2 is 1.00 bits per heavy atom. The van der Waals surface area contributed by atoms with Crippen molar-refractivity contribution in [3.05, 3.63) is 107 Å². The maximum atomic E-state index is 10.5. The Morgan fingerprint density at radius 1 is 0.587 bits per heavy atom. The number of aliphatic imine (C=N–C) groups is 2. The highest BCUT2D eigenvalue weighted by Gasteiger charge is 2.13. The average molecular weight is 655 g/mol. The van der Waals surface area contributed by atoms with E-state index in [9.17, 15) is 10.2 Å². The molecule has 238 valence electrons. The van der Waals surface area contributed by atoms with Crippen LogP contribution in [0.25, 0.3) is 0 Å². The molecule has 2 aliphatic rings. The number of phenols is 2. The third-order valence-electron chi connectivity index (χ3n) is 7.84. The second-order valence-corrected chi connectivity index (χ2v) is 13.4. The first kappa shape index (κ1) is 32.3. The Hall–Kier alpha value is -3.64. The molecule has 0 saturated carbocycles. The van der Waals surface area contributed by atoms with Gasteiger partial charge in [0.1, 0.15) is 11.5 Å². The zero-order valence-electron chi connectivity index (χ0n) is 25.6. The first-order chi connectivity index (χ1) is 22.6. The van der Waals surface area contributed by atoms with Crippen LogP contribution in [0.1, 0.15) is 22.3 Å². The highest BCUT2D eigenvalue weighted by atomic mass is 33.1. The maximum Gasteiger partial charge on any atom is 0.124 e. The van der Waals surface area contributed by atoms with Gasteiger partial charge in [-0.25, -0.2) is 0 Å². The van der Waals surface area contributed by atoms with Crippen LogP contribution in [0.2, 0.25) is 0 Å². The summed E-state index contributed by atoms with van der Waals surface area (Å²) in [6, 6.07) is 27.4. The third-order valence-corrected chi connectivity index (χ3v) is 10.3. The molecule has 10 heteroatoms. The second-order valence-electron chi connectivity index (χ2n) is 11.2. The molecule has 0 radical (unpaired) electrons. The number of aromatic hydroxyl groups is 2. The molecule has 2 aliphatic heterocycles. The molecule has 0 aromatic heterocycles. The van der Waals surface area contributed by atoms with Crippen LogP contribution in [0, 0.1) is 0 Å². The summed E-state index contributed by atoms with van der Waals surface area (Å²) in [6.45, 7) is 8.28. The van der Waals surface area contributed by atoms with Gasteiger partial charge in [-0.15, -0.1) is 0 Å². The van der Waals surface area contributed by atoms with Crippen LogP contribution in [0.5, 0.6) is 11.5 Å². The van der Waals surface area contributed by atoms with Crippen molar-refractivity contribution >= 4 is 45.4 Å². The first-order valence-electron chi connectivity index (χ1n) is 15.5. The molecule has 6 rings (SSSR count). The van der Waals surface area contributed by atoms with Crippen molar-refractivity contribution in [2.75, 3.05) is 52.6 Å². The van der Waals surface area contributed by atoms with Crippen LogP contribution in [-0.4, -0.2) is 85.0 Å². The van der Waals surface area contributed by atoms with Gasteiger partial charge in [-0.1, -0.05) is 58.0 Å². The van der Waals surface area contributed by atoms with Gasteiger partial charge >= 0.3 is 0 Å². The smallest absolute Gasteiger partial charge is 0.124 e. The summed E-state index contributed by atoms with van der Waals surface area (Å²) in [5.74, 6) is 0.414. The normalized spacial score (nSPS) is 16.4. The van der Waals surface area contributed by atoms with Crippen molar-refractivity contribution < 1.29 is 19.7 Å². The van der Waals surface area contributed by atoms with E-state index in [0.717, 1.165) is 98.0 Å². The van der Waals surface area contributed by atoms with E-state index >= 15 is 0 Å². The van der Waals surface area contributed by atoms with Gasteiger partial charge in [0.05, 0.1) is 37.8 Å². The molecule has 0 unspecified atom stereocenters. The molecule has 0 bridgehead atoms. The quantitative estimate of drug-likeness (QED) is 0.131. The van der Waals surface area contributed by atoms with Crippen molar-refractivity contribution in [2.45, 2.75) is 22.9 Å². The second kappa shape index (κ2) is 16.3. The minimum Gasteiger partial charge on any atom is -0.507 e. The predicted molar refractivity (Wildman–Crippen MR) is 188 cm³/mol. The van der Waals surface area contributed by atoms with Gasteiger partial charge in [0, 0.05) is 72.6 Å². The third kappa shape index (κ3) is 9.00. The minimum absolute atomic E-state index is 0.207. The lowest BCUT2D eigenvalue weighted by atomic mass is 10.1. The summed E-state index contributed by atoms with van der Waals surface area (Å²) >= 11 is 0. The number of nitrogens with zero attached hydrogens (tertiary/aromatic N) is 4. The summed E-state index contributed by atoms with van der Waals surface area (Å²) in [6.07, 6.45) is 3.47. The average Bonchev–Trinajstić information content (AvgIpc) is 3.09. The summed E-state index contributed by atoms with van der Waals surface area (Å²) in [5.41, 5.74) is 5.29. The number of ether oxygens (including phenoxy) is 2. The fourth-order valence-electron chi connectivity index (χ4n) is 5.28. The standard InChI is InChI=1S/C36H38N4O4S2/c41-33-11-9-27(25-39-13-17-43-18-14-39)21-29(33)23-37-31-5-1-3-7-35(31)45-46-36-8-4-2-6-32(36)38-24-30-22-28(10-12-34(30)42)26-40-15-19-44-20-16-40/h1-12,21-24,41-42H,13-20,25-26H2. The Balaban J connectivity index is 1.13. The molecule has 46 heavy (non-hydrogen) atoms. The number of hydrogen-bond donors (Lipinski definition) is 2. The van der Waals surface area contributed by atoms with E-state index in [0.29, 0.717) is 11.1 Å². The minimum atomic E-state index is 0.207. The maximum absolute atomic E-state index is 10.5. The van der Waals surface area contributed by atoms with Gasteiger partial charge in [-0.2, -0.15) is 0 Å². The van der Waals surface area contributed by atoms with E-state index in [2.05, 4.69) is 9.80 Å². The van der Waals surface area contributed by atoms with Crippen molar-refractivity contribution in [1.82, 2.24) is 9.80 Å². The van der Waals surface area contributed by atoms with Gasteiger partial charge in [0.25, 0.3) is 0 Å². The molecule has 0 atom stereocenters. The first-order valence-corrected chi connectivity index (χ1v) is 17.6. The highest BCUT2D eigenvalue weighted by Crippen LogP contribution is 2.45. The predicted octanol–water partition coefficient (Wildman–Crippen LogP) is 7.06. The highest BCUT2D eigenvalue weighted by molar-refractivity contribution is 8.76. The van der Waals surface area contributed by atoms with Gasteiger partial charge in [-0.05, 0) is 59.7 Å². The Morgan fingerprint density at radius 3 is 1.43 bits per heavy atom. The van der Waals surface area contributed by atoms with Gasteiger partial charge in [-0.3, -0.25) is 19.8 Å². The number of phenolic OH excluding ortho intramolecular Hbond substituents is 2. The largest absolute Gasteiger partial charge is 0.507 e. The van der Waals surface area contributed by atoms with Gasteiger partial charge in [0.2, 0.25) is 0 Å². The molecule has 8 nitrogen and oxygen atoms in total. The number of para-hydroxylation sites is 2. The molecule has 0 aliphatic carbocycles. The van der Waals surface area contributed by atoms with E-state index in [1.54, 1.807) is 46.1 Å². The summed E-state index contributed by atoms with van der Waals surface area (Å²) in [4.78, 5) is 16.3. The zero-order valence-corrected chi connectivity index (χ0v) is 27.3. The Bertz CT molecular complexity index is 1550. The summed E-state index contributed by atoms with van der Waals surface area (Å²) in [7, 11) is 3.22. The lowest BCUT2D eigenvalue weighted by Gasteiger charge is -2.26. The molecule has 2 saturated heterocycles. The molecular formula is C36H38N4O4S2. The summed E-state index contributed by atoms with van der Waals surface area (Å²) < 4.78 is 10.9. The lowest BCUT2D eigenvalue weighted by Crippen LogP contribution is -2.35. The molecule has 2 heterocycles. The van der Waals surface area contributed by atoms with Crippen molar-refractivity contribution in [2.24, 2.45) is 9.98 Å². The lowest BCUT2D eigenvalue weighted by molar-refractivity contribution is 0.0341. The molecule has 2 fully saturated rings. The van der Waals surface area contributed by atoms with Crippen LogP contribution in [0.15, 0.2) is 105 Å². The van der Waals surface area contributed by atoms with Crippen molar-refractivity contribution in [3.63, 3.8) is 0 Å². The number of morpholine rings is 2. The number of hydrogen-bond acceptors (Lipinski definition) is 10. The fraction of sp³-hybridized carbons (Fsp3) is 0.278. The van der Waals surface area contributed by atoms with E-state index in [1.165, 1.54) is 0 Å². The van der Waals surface area contributed by atoms with Crippen LogP contribution in [-0.2, 0) is 22.6 Å². The van der Waals surface area contributed by atoms with E-state index < -0.39 is 0 Å². The number of rotatable bonds is 11. The number of benzene rings is 4. The van der Waals surface area contributed by atoms with Crippen molar-refractivity contribution in [1.29, 1.82) is 0 Å². The van der Waals surface area contributed by atoms with Crippen LogP contribution >= 0.6 is 21.6 Å². The van der Waals surface area contributed by atoms with Crippen LogP contribution < -0.4 is 0 Å². The zero-order chi connectivity index (χ0) is 31.6. The fourth-order valence-corrected chi connectivity index (χ4v) is 7.53. The van der Waals surface area contributed by atoms with Gasteiger partial charge < -0.3 is 19.7 Å². The SMILES string of the molecule is Oc1ccc(CN2CCOCC2)cc1C=Nc1ccccc1SSc1ccccc1N=Cc1cc(CN2CCOCC2)ccc1O. The van der Waals surface area contributed by atoms with E-state index in [4.69, 9.17) is 19.5 Å². The monoisotopic (exact) mass is 654 g/mol. The Kier molecular flexibility index (Phi) is 11.4. The van der Waals surface area contributed by atoms with E-state index in [-0.39, 0.29) is 11.5 Å². The molecule has 4 aromatic carbocycles. The molecule has 4 aromatic rings. The van der Waals surface area contributed by atoms with Crippen LogP contribution in [0.3, 0.4) is 0 Å². The van der Waals surface area contributed by atoms with Crippen molar-refractivity contribution in [3.8, 4) is 11.5 Å². The molecule has 0 amide bonds. The summed E-state index contributed by atoms with van der Waals surface area (Å²) in [5, 5.41) is 21.1. The molecule has 2 N–H and O–H groups in total. The van der Waals surface area contributed by atoms with Gasteiger partial charge in [0.15, 0.2) is 0 Å². The Labute approximate surface area is 278 Å². The molecular weight excluding hydrogens is 617 g/mol.